The zero-order chi connectivity index (χ0) is 29.9. The molecule has 3 aromatic heterocycles. The van der Waals surface area contributed by atoms with Gasteiger partial charge in [0.1, 0.15) is 18.2 Å². The molecule has 0 bridgehead atoms. The molecule has 4 heterocycles. The molecule has 0 unspecified atom stereocenters. The summed E-state index contributed by atoms with van der Waals surface area (Å²) < 4.78 is 0. The van der Waals surface area contributed by atoms with Gasteiger partial charge in [0, 0.05) is 50.6 Å². The van der Waals surface area contributed by atoms with E-state index in [1.54, 1.807) is 12.3 Å². The maximum atomic E-state index is 9.93. The first-order chi connectivity index (χ1) is 20.9. The van der Waals surface area contributed by atoms with Gasteiger partial charge in [0.2, 0.25) is 0 Å². The molecule has 4 N–H and O–H groups in total. The minimum Gasteiger partial charge on any atom is -0.372 e. The second-order valence-electron chi connectivity index (χ2n) is 9.80. The van der Waals surface area contributed by atoms with Crippen LogP contribution < -0.4 is 21.6 Å². The second-order valence-corrected chi connectivity index (χ2v) is 11.6. The summed E-state index contributed by atoms with van der Waals surface area (Å²) >= 11 is 14.6. The van der Waals surface area contributed by atoms with Gasteiger partial charge in [-0.3, -0.25) is 15.0 Å². The van der Waals surface area contributed by atoms with E-state index in [0.717, 1.165) is 27.5 Å². The fourth-order valence-electron chi connectivity index (χ4n) is 4.68. The van der Waals surface area contributed by atoms with Gasteiger partial charge in [-0.05, 0) is 55.0 Å². The quantitative estimate of drug-likeness (QED) is 0.141. The Hall–Kier alpha value is -4.84. The third-order valence-electron chi connectivity index (χ3n) is 6.84. The number of halogens is 2. The number of nitriles is 2. The molecule has 212 valence electrons. The molecule has 43 heavy (non-hydrogen) atoms. The van der Waals surface area contributed by atoms with Crippen molar-refractivity contribution in [2.24, 2.45) is 0 Å². The summed E-state index contributed by atoms with van der Waals surface area (Å²) in [6.45, 7) is 2.47. The Morgan fingerprint density at radius 1 is 1.02 bits per heavy atom. The summed E-state index contributed by atoms with van der Waals surface area (Å²) in [5.74, 6) is 0. The number of pyridine rings is 2. The fraction of sp³-hybridized carbons (Fsp3) is 0.0968. The summed E-state index contributed by atoms with van der Waals surface area (Å²) in [4.78, 5) is 9.81. The largest absolute Gasteiger partial charge is 0.372 e. The first kappa shape index (κ1) is 28.3. The van der Waals surface area contributed by atoms with Crippen molar-refractivity contribution in [3.8, 4) is 12.1 Å². The van der Waals surface area contributed by atoms with Crippen molar-refractivity contribution in [3.05, 3.63) is 122 Å². The Bertz CT molecular complexity index is 1940. The Kier molecular flexibility index (Phi) is 8.01. The number of hydrogen-bond donors (Lipinski definition) is 4. The molecule has 5 aromatic rings. The average molecular weight is 625 g/mol. The SMILES string of the molecule is Cc1ccc(Nc2c(C#N)cnc3c(Cl)cc(N[C@H](C4=CN(Cc5ccccn5)NN4)c4cc(C#N)cs4)cc23)cc1Cl. The average Bonchev–Trinajstić information content (AvgIpc) is 3.69. The van der Waals surface area contributed by atoms with Crippen molar-refractivity contribution < 1.29 is 0 Å². The van der Waals surface area contributed by atoms with E-state index in [2.05, 4.69) is 43.7 Å². The maximum Gasteiger partial charge on any atom is 0.104 e. The van der Waals surface area contributed by atoms with Crippen LogP contribution in [0.25, 0.3) is 10.9 Å². The van der Waals surface area contributed by atoms with E-state index < -0.39 is 0 Å². The number of aryl methyl sites for hydroxylation is 1. The molecular weight excluding hydrogens is 601 g/mol. The molecular formula is C31H23Cl2N9S. The van der Waals surface area contributed by atoms with Crippen molar-refractivity contribution in [2.45, 2.75) is 19.5 Å². The predicted octanol–water partition coefficient (Wildman–Crippen LogP) is 7.31. The molecule has 0 aliphatic carbocycles. The van der Waals surface area contributed by atoms with Crippen molar-refractivity contribution in [3.63, 3.8) is 0 Å². The van der Waals surface area contributed by atoms with Crippen LogP contribution in [0.2, 0.25) is 10.0 Å². The van der Waals surface area contributed by atoms with E-state index in [4.69, 9.17) is 23.2 Å². The minimum atomic E-state index is -0.360. The number of hydrogen-bond acceptors (Lipinski definition) is 10. The minimum absolute atomic E-state index is 0.360. The number of rotatable bonds is 8. The number of nitrogens with zero attached hydrogens (tertiary/aromatic N) is 5. The standard InChI is InChI=1S/C31H23Cl2N9S/c1-18-5-6-21(10-25(18)32)38-29-20(13-35)14-37-30-24(29)9-23(11-26(30)33)39-31(28-8-19(12-34)17-43-28)27-16-42(41-40-27)15-22-4-2-3-7-36-22/h2-11,14,16-17,31,39-41H,15H2,1H3,(H,37,38)/t31-/m1/s1. The monoisotopic (exact) mass is 623 g/mol. The lowest BCUT2D eigenvalue weighted by Gasteiger charge is -2.21. The summed E-state index contributed by atoms with van der Waals surface area (Å²) in [5, 5.41) is 31.8. The normalized spacial score (nSPS) is 13.1. The van der Waals surface area contributed by atoms with Crippen LogP contribution in [0.15, 0.2) is 84.3 Å². The number of nitrogens with one attached hydrogen (secondary N) is 4. The zero-order valence-electron chi connectivity index (χ0n) is 22.7. The highest BCUT2D eigenvalue weighted by Gasteiger charge is 2.25. The van der Waals surface area contributed by atoms with Crippen LogP contribution in [0.5, 0.6) is 0 Å². The summed E-state index contributed by atoms with van der Waals surface area (Å²) in [6, 6.07) is 21.1. The molecule has 0 saturated heterocycles. The second kappa shape index (κ2) is 12.2. The molecule has 0 radical (unpaired) electrons. The maximum absolute atomic E-state index is 9.93. The molecule has 0 fully saturated rings. The van der Waals surface area contributed by atoms with E-state index in [0.29, 0.717) is 50.0 Å². The Labute approximate surface area is 262 Å². The lowest BCUT2D eigenvalue weighted by molar-refractivity contribution is 0.259. The van der Waals surface area contributed by atoms with Crippen molar-refractivity contribution >= 4 is 62.5 Å². The van der Waals surface area contributed by atoms with Crippen molar-refractivity contribution in [1.82, 2.24) is 25.9 Å². The lowest BCUT2D eigenvalue weighted by atomic mass is 10.1. The number of thiophene rings is 1. The molecule has 0 spiro atoms. The van der Waals surface area contributed by atoms with Gasteiger partial charge in [-0.1, -0.05) is 35.3 Å². The zero-order valence-corrected chi connectivity index (χ0v) is 25.0. The highest BCUT2D eigenvalue weighted by atomic mass is 35.5. The number of aromatic nitrogens is 2. The predicted molar refractivity (Wildman–Crippen MR) is 170 cm³/mol. The molecule has 12 heteroatoms. The molecule has 1 atom stereocenters. The summed E-state index contributed by atoms with van der Waals surface area (Å²) in [5.41, 5.74) is 12.6. The van der Waals surface area contributed by atoms with E-state index in [1.807, 2.05) is 72.0 Å². The first-order valence-electron chi connectivity index (χ1n) is 13.1. The van der Waals surface area contributed by atoms with Gasteiger partial charge in [-0.15, -0.1) is 16.9 Å². The highest BCUT2D eigenvalue weighted by molar-refractivity contribution is 7.10. The number of fused-ring (bicyclic) bond motifs is 1. The highest BCUT2D eigenvalue weighted by Crippen LogP contribution is 2.38. The van der Waals surface area contributed by atoms with Crippen molar-refractivity contribution in [2.75, 3.05) is 10.6 Å². The van der Waals surface area contributed by atoms with Crippen LogP contribution in [-0.2, 0) is 6.54 Å². The van der Waals surface area contributed by atoms with Gasteiger partial charge in [-0.25, -0.2) is 0 Å². The van der Waals surface area contributed by atoms with Crippen molar-refractivity contribution in [1.29, 1.82) is 10.5 Å². The molecule has 0 saturated carbocycles. The summed E-state index contributed by atoms with van der Waals surface area (Å²) in [6.07, 6.45) is 5.23. The van der Waals surface area contributed by atoms with Gasteiger partial charge in [0.25, 0.3) is 0 Å². The van der Waals surface area contributed by atoms with Crippen LogP contribution in [0.3, 0.4) is 0 Å². The molecule has 2 aromatic carbocycles. The van der Waals surface area contributed by atoms with Crippen LogP contribution in [-0.4, -0.2) is 15.0 Å². The van der Waals surface area contributed by atoms with Gasteiger partial charge >= 0.3 is 0 Å². The third kappa shape index (κ3) is 6.05. The van der Waals surface area contributed by atoms with Gasteiger partial charge in [-0.2, -0.15) is 10.5 Å². The molecule has 1 aliphatic heterocycles. The number of benzene rings is 2. The first-order valence-corrected chi connectivity index (χ1v) is 14.8. The van der Waals surface area contributed by atoms with Crippen LogP contribution in [0.4, 0.5) is 17.1 Å². The Morgan fingerprint density at radius 3 is 2.63 bits per heavy atom. The van der Waals surface area contributed by atoms with E-state index >= 15 is 0 Å². The molecule has 6 rings (SSSR count). The fourth-order valence-corrected chi connectivity index (χ4v) is 6.03. The van der Waals surface area contributed by atoms with Gasteiger partial charge in [0.15, 0.2) is 0 Å². The lowest BCUT2D eigenvalue weighted by Crippen LogP contribution is -2.37. The van der Waals surface area contributed by atoms with Gasteiger partial charge < -0.3 is 16.1 Å². The third-order valence-corrected chi connectivity index (χ3v) is 8.53. The molecule has 1 aliphatic rings. The Balaban J connectivity index is 1.39. The summed E-state index contributed by atoms with van der Waals surface area (Å²) in [7, 11) is 0. The van der Waals surface area contributed by atoms with E-state index in [1.165, 1.54) is 17.5 Å². The number of anilines is 3. The molecule has 9 nitrogen and oxygen atoms in total. The van der Waals surface area contributed by atoms with Gasteiger partial charge in [0.05, 0.1) is 45.3 Å². The van der Waals surface area contributed by atoms with E-state index in [9.17, 15) is 10.5 Å². The van der Waals surface area contributed by atoms with Crippen LogP contribution in [0.1, 0.15) is 33.3 Å². The smallest absolute Gasteiger partial charge is 0.104 e. The topological polar surface area (TPSA) is 125 Å². The number of hydrazine groups is 2. The molecule has 0 amide bonds. The Morgan fingerprint density at radius 2 is 1.88 bits per heavy atom. The van der Waals surface area contributed by atoms with Crippen LogP contribution >= 0.6 is 34.5 Å². The van der Waals surface area contributed by atoms with Crippen LogP contribution in [0, 0.1) is 29.6 Å². The van der Waals surface area contributed by atoms with E-state index in [-0.39, 0.29) is 6.04 Å².